The molecule has 0 saturated carbocycles. The topological polar surface area (TPSA) is 105 Å². The number of hydrogen-bond acceptors (Lipinski definition) is 5. The maximum absolute atomic E-state index is 13.2. The molecule has 0 aliphatic carbocycles. The van der Waals surface area contributed by atoms with Crippen molar-refractivity contribution in [3.63, 3.8) is 0 Å². The van der Waals surface area contributed by atoms with Crippen molar-refractivity contribution < 1.29 is 19.2 Å². The lowest BCUT2D eigenvalue weighted by Crippen LogP contribution is -2.12. The summed E-state index contributed by atoms with van der Waals surface area (Å²) in [5.41, 5.74) is -0.503. The molecule has 2 rings (SSSR count). The van der Waals surface area contributed by atoms with Gasteiger partial charge in [0.2, 0.25) is 0 Å². The summed E-state index contributed by atoms with van der Waals surface area (Å²) in [6.07, 6.45) is 2.34. The summed E-state index contributed by atoms with van der Waals surface area (Å²) < 4.78 is 13.2. The highest BCUT2D eigenvalue weighted by molar-refractivity contribution is 6.04. The van der Waals surface area contributed by atoms with Crippen molar-refractivity contribution in [3.8, 4) is 5.75 Å². The first kappa shape index (κ1) is 13.4. The van der Waals surface area contributed by atoms with E-state index in [4.69, 9.17) is 0 Å². The molecule has 0 saturated heterocycles. The van der Waals surface area contributed by atoms with Gasteiger partial charge in [0.25, 0.3) is 11.6 Å². The highest BCUT2D eigenvalue weighted by atomic mass is 19.1. The predicted molar refractivity (Wildman–Crippen MR) is 66.9 cm³/mol. The summed E-state index contributed by atoms with van der Waals surface area (Å²) in [5, 5.41) is 22.1. The largest absolute Gasteiger partial charge is 0.506 e. The highest BCUT2D eigenvalue weighted by Gasteiger charge is 2.13. The Labute approximate surface area is 111 Å². The fourth-order valence-corrected chi connectivity index (χ4v) is 1.51. The Kier molecular flexibility index (Phi) is 3.56. The lowest BCUT2D eigenvalue weighted by Gasteiger charge is -2.05. The van der Waals surface area contributed by atoms with E-state index in [1.165, 1.54) is 6.20 Å². The molecular formula is C12H8FN3O4. The van der Waals surface area contributed by atoms with Crippen molar-refractivity contribution in [3.05, 3.63) is 58.2 Å². The Hall–Kier alpha value is -3.03. The van der Waals surface area contributed by atoms with Crippen LogP contribution >= 0.6 is 0 Å². The molecular weight excluding hydrogens is 269 g/mol. The first-order chi connectivity index (χ1) is 9.45. The van der Waals surface area contributed by atoms with Crippen LogP contribution in [-0.4, -0.2) is 20.9 Å². The highest BCUT2D eigenvalue weighted by Crippen LogP contribution is 2.20. The summed E-state index contributed by atoms with van der Waals surface area (Å²) in [6, 6.07) is 3.87. The molecule has 0 bridgehead atoms. The number of amides is 1. The summed E-state index contributed by atoms with van der Waals surface area (Å²) in [5.74, 6) is -1.72. The van der Waals surface area contributed by atoms with Crippen molar-refractivity contribution in [2.75, 3.05) is 5.32 Å². The summed E-state index contributed by atoms with van der Waals surface area (Å²) in [6.45, 7) is 0. The standard InChI is InChI=1S/C12H8FN3O4/c13-8-2-9(4-10(3-8)16(19)20)15-12(18)7-1-11(17)6-14-5-7/h1-6,17H,(H,15,18). The predicted octanol–water partition coefficient (Wildman–Crippen LogP) is 2.09. The van der Waals surface area contributed by atoms with Crippen LogP contribution in [0.2, 0.25) is 0 Å². The summed E-state index contributed by atoms with van der Waals surface area (Å²) in [4.78, 5) is 25.2. The number of nitro groups is 1. The summed E-state index contributed by atoms with van der Waals surface area (Å²) >= 11 is 0. The SMILES string of the molecule is O=C(Nc1cc(F)cc([N+](=O)[O-])c1)c1cncc(O)c1. The van der Waals surface area contributed by atoms with Crippen LogP contribution in [0.25, 0.3) is 0 Å². The molecule has 7 nitrogen and oxygen atoms in total. The molecule has 1 aromatic carbocycles. The van der Waals surface area contributed by atoms with E-state index >= 15 is 0 Å². The maximum atomic E-state index is 13.2. The summed E-state index contributed by atoms with van der Waals surface area (Å²) in [7, 11) is 0. The molecule has 1 aromatic heterocycles. The van der Waals surface area contributed by atoms with Crippen molar-refractivity contribution >= 4 is 17.3 Å². The second kappa shape index (κ2) is 5.31. The zero-order valence-corrected chi connectivity index (χ0v) is 9.91. The second-order valence-electron chi connectivity index (χ2n) is 3.84. The Balaban J connectivity index is 2.26. The molecule has 0 atom stereocenters. The minimum atomic E-state index is -0.844. The minimum Gasteiger partial charge on any atom is -0.506 e. The fraction of sp³-hybridized carbons (Fsp3) is 0. The number of nitrogens with zero attached hydrogens (tertiary/aromatic N) is 2. The van der Waals surface area contributed by atoms with Gasteiger partial charge in [-0.3, -0.25) is 19.9 Å². The van der Waals surface area contributed by atoms with E-state index in [9.17, 15) is 24.4 Å². The molecule has 0 radical (unpaired) electrons. The van der Waals surface area contributed by atoms with Gasteiger partial charge in [-0.1, -0.05) is 0 Å². The average molecular weight is 277 g/mol. The number of benzene rings is 1. The quantitative estimate of drug-likeness (QED) is 0.660. The van der Waals surface area contributed by atoms with Gasteiger partial charge in [0.15, 0.2) is 0 Å². The number of carbonyl (C=O) groups excluding carboxylic acids is 1. The number of nitro benzene ring substituents is 1. The number of halogens is 1. The maximum Gasteiger partial charge on any atom is 0.274 e. The van der Waals surface area contributed by atoms with Gasteiger partial charge in [0, 0.05) is 12.3 Å². The van der Waals surface area contributed by atoms with Crippen LogP contribution in [0.3, 0.4) is 0 Å². The van der Waals surface area contributed by atoms with Crippen LogP contribution in [-0.2, 0) is 0 Å². The van der Waals surface area contributed by atoms with Gasteiger partial charge in [0.1, 0.15) is 11.6 Å². The number of rotatable bonds is 3. The fourth-order valence-electron chi connectivity index (χ4n) is 1.51. The van der Waals surface area contributed by atoms with Gasteiger partial charge in [-0.25, -0.2) is 4.39 Å². The third-order valence-corrected chi connectivity index (χ3v) is 2.34. The number of nitrogens with one attached hydrogen (secondary N) is 1. The first-order valence-corrected chi connectivity index (χ1v) is 5.36. The molecule has 2 N–H and O–H groups in total. The van der Waals surface area contributed by atoms with Crippen LogP contribution in [0.5, 0.6) is 5.75 Å². The molecule has 0 aliphatic heterocycles. The van der Waals surface area contributed by atoms with E-state index in [1.807, 2.05) is 0 Å². The van der Waals surface area contributed by atoms with Gasteiger partial charge in [-0.2, -0.15) is 0 Å². The molecule has 0 fully saturated rings. The Morgan fingerprint density at radius 3 is 2.70 bits per heavy atom. The molecule has 0 unspecified atom stereocenters. The number of hydrogen-bond donors (Lipinski definition) is 2. The Bertz CT molecular complexity index is 690. The van der Waals surface area contributed by atoms with Gasteiger partial charge >= 0.3 is 0 Å². The zero-order valence-electron chi connectivity index (χ0n) is 9.91. The van der Waals surface area contributed by atoms with E-state index in [0.29, 0.717) is 0 Å². The van der Waals surface area contributed by atoms with Crippen molar-refractivity contribution in [2.24, 2.45) is 0 Å². The number of pyridine rings is 1. The molecule has 1 amide bonds. The molecule has 2 aromatic rings. The third-order valence-electron chi connectivity index (χ3n) is 2.34. The molecule has 8 heteroatoms. The minimum absolute atomic E-state index is 0.0388. The van der Waals surface area contributed by atoms with E-state index in [1.54, 1.807) is 0 Å². The van der Waals surface area contributed by atoms with E-state index in [0.717, 1.165) is 30.5 Å². The normalized spacial score (nSPS) is 10.1. The van der Waals surface area contributed by atoms with Crippen molar-refractivity contribution in [2.45, 2.75) is 0 Å². The van der Waals surface area contributed by atoms with Crippen LogP contribution in [0.15, 0.2) is 36.7 Å². The molecule has 20 heavy (non-hydrogen) atoms. The number of aromatic hydroxyl groups is 1. The Morgan fingerprint density at radius 2 is 2.05 bits per heavy atom. The zero-order chi connectivity index (χ0) is 14.7. The van der Waals surface area contributed by atoms with Crippen LogP contribution in [0, 0.1) is 15.9 Å². The monoisotopic (exact) mass is 277 g/mol. The number of carbonyl (C=O) groups is 1. The van der Waals surface area contributed by atoms with Gasteiger partial charge < -0.3 is 10.4 Å². The number of aromatic nitrogens is 1. The van der Waals surface area contributed by atoms with E-state index < -0.39 is 22.3 Å². The lowest BCUT2D eigenvalue weighted by atomic mass is 10.2. The van der Waals surface area contributed by atoms with E-state index in [2.05, 4.69) is 10.3 Å². The van der Waals surface area contributed by atoms with Gasteiger partial charge in [-0.05, 0) is 12.1 Å². The number of non-ortho nitro benzene ring substituents is 1. The van der Waals surface area contributed by atoms with Gasteiger partial charge in [0.05, 0.1) is 28.4 Å². The lowest BCUT2D eigenvalue weighted by molar-refractivity contribution is -0.385. The number of anilines is 1. The van der Waals surface area contributed by atoms with E-state index in [-0.39, 0.29) is 17.0 Å². The molecule has 0 spiro atoms. The second-order valence-corrected chi connectivity index (χ2v) is 3.84. The van der Waals surface area contributed by atoms with Crippen LogP contribution < -0.4 is 5.32 Å². The molecule has 102 valence electrons. The van der Waals surface area contributed by atoms with Crippen molar-refractivity contribution in [1.29, 1.82) is 0 Å². The first-order valence-electron chi connectivity index (χ1n) is 5.36. The van der Waals surface area contributed by atoms with Crippen LogP contribution in [0.4, 0.5) is 15.8 Å². The smallest absolute Gasteiger partial charge is 0.274 e. The molecule has 1 heterocycles. The Morgan fingerprint density at radius 1 is 1.30 bits per heavy atom. The van der Waals surface area contributed by atoms with Crippen molar-refractivity contribution in [1.82, 2.24) is 4.98 Å². The average Bonchev–Trinajstić information content (AvgIpc) is 2.37. The molecule has 0 aliphatic rings. The van der Waals surface area contributed by atoms with Crippen LogP contribution in [0.1, 0.15) is 10.4 Å². The third kappa shape index (κ3) is 3.05. The van der Waals surface area contributed by atoms with Gasteiger partial charge in [-0.15, -0.1) is 0 Å².